The van der Waals surface area contributed by atoms with Gasteiger partial charge in [0.1, 0.15) is 0 Å². The van der Waals surface area contributed by atoms with Crippen LogP contribution in [0.15, 0.2) is 18.2 Å². The molecule has 18 heavy (non-hydrogen) atoms. The van der Waals surface area contributed by atoms with Gasteiger partial charge < -0.3 is 20.7 Å². The molecule has 0 saturated heterocycles. The fourth-order valence-corrected chi connectivity index (χ4v) is 1.67. The van der Waals surface area contributed by atoms with Crippen molar-refractivity contribution in [2.75, 3.05) is 6.61 Å². The minimum absolute atomic E-state index is 0.0670. The van der Waals surface area contributed by atoms with Crippen LogP contribution in [0.4, 0.5) is 0 Å². The maximum Gasteiger partial charge on any atom is 0.303 e. The van der Waals surface area contributed by atoms with Gasteiger partial charge in [0.2, 0.25) is 0 Å². The maximum absolute atomic E-state index is 10.4. The van der Waals surface area contributed by atoms with Crippen molar-refractivity contribution < 1.29 is 19.7 Å². The van der Waals surface area contributed by atoms with Crippen molar-refractivity contribution in [2.45, 2.75) is 32.2 Å². The van der Waals surface area contributed by atoms with Crippen LogP contribution in [0.1, 0.15) is 25.3 Å². The number of phenols is 1. The summed E-state index contributed by atoms with van der Waals surface area (Å²) in [7, 11) is 0. The van der Waals surface area contributed by atoms with Gasteiger partial charge in [0.15, 0.2) is 11.5 Å². The number of carbonyl (C=O) groups is 1. The zero-order chi connectivity index (χ0) is 13.5. The molecule has 0 spiro atoms. The van der Waals surface area contributed by atoms with E-state index in [0.29, 0.717) is 25.2 Å². The van der Waals surface area contributed by atoms with Crippen molar-refractivity contribution in [2.24, 2.45) is 5.73 Å². The van der Waals surface area contributed by atoms with E-state index in [1.165, 1.54) is 0 Å². The SMILES string of the molecule is CCOc1cc(CC(N)CCC(=O)O)ccc1O. The third-order valence-electron chi connectivity index (χ3n) is 2.55. The van der Waals surface area contributed by atoms with Crippen molar-refractivity contribution in [3.63, 3.8) is 0 Å². The Labute approximate surface area is 106 Å². The highest BCUT2D eigenvalue weighted by Gasteiger charge is 2.09. The van der Waals surface area contributed by atoms with Crippen LogP contribution in [0, 0.1) is 0 Å². The molecule has 0 aromatic heterocycles. The number of aromatic hydroxyl groups is 1. The summed E-state index contributed by atoms with van der Waals surface area (Å²) in [5.41, 5.74) is 6.77. The molecular formula is C13H19NO4. The minimum atomic E-state index is -0.842. The first kappa shape index (κ1) is 14.3. The first-order valence-corrected chi connectivity index (χ1v) is 5.95. The number of hydrogen-bond acceptors (Lipinski definition) is 4. The van der Waals surface area contributed by atoms with Gasteiger partial charge >= 0.3 is 5.97 Å². The number of hydrogen-bond donors (Lipinski definition) is 3. The molecule has 0 aliphatic heterocycles. The molecule has 1 atom stereocenters. The third-order valence-corrected chi connectivity index (χ3v) is 2.55. The predicted octanol–water partition coefficient (Wildman–Crippen LogP) is 1.53. The van der Waals surface area contributed by atoms with E-state index in [9.17, 15) is 9.90 Å². The highest BCUT2D eigenvalue weighted by molar-refractivity contribution is 5.66. The lowest BCUT2D eigenvalue weighted by Crippen LogP contribution is -2.23. The van der Waals surface area contributed by atoms with Gasteiger partial charge in [-0.05, 0) is 37.5 Å². The number of ether oxygens (including phenoxy) is 1. The van der Waals surface area contributed by atoms with Gasteiger partial charge in [0.05, 0.1) is 6.61 Å². The topological polar surface area (TPSA) is 92.8 Å². The Hall–Kier alpha value is -1.75. The summed E-state index contributed by atoms with van der Waals surface area (Å²) in [5.74, 6) is -0.314. The Morgan fingerprint density at radius 1 is 1.50 bits per heavy atom. The van der Waals surface area contributed by atoms with Gasteiger partial charge in [-0.25, -0.2) is 0 Å². The first-order valence-electron chi connectivity index (χ1n) is 5.95. The van der Waals surface area contributed by atoms with Crippen LogP contribution < -0.4 is 10.5 Å². The summed E-state index contributed by atoms with van der Waals surface area (Å²) in [4.78, 5) is 10.4. The van der Waals surface area contributed by atoms with Crippen LogP contribution >= 0.6 is 0 Å². The van der Waals surface area contributed by atoms with Crippen molar-refractivity contribution in [1.82, 2.24) is 0 Å². The molecule has 1 aromatic rings. The second-order valence-corrected chi connectivity index (χ2v) is 4.13. The van der Waals surface area contributed by atoms with Gasteiger partial charge in [-0.2, -0.15) is 0 Å². The summed E-state index contributed by atoms with van der Waals surface area (Å²) in [6, 6.07) is 4.85. The van der Waals surface area contributed by atoms with E-state index in [0.717, 1.165) is 5.56 Å². The van der Waals surface area contributed by atoms with E-state index in [-0.39, 0.29) is 18.2 Å². The molecule has 0 aliphatic rings. The van der Waals surface area contributed by atoms with E-state index >= 15 is 0 Å². The van der Waals surface area contributed by atoms with Crippen molar-refractivity contribution in [1.29, 1.82) is 0 Å². The Kier molecular flexibility index (Phi) is 5.45. The van der Waals surface area contributed by atoms with Gasteiger partial charge in [-0.15, -0.1) is 0 Å². The number of carboxylic acid groups (broad SMARTS) is 1. The monoisotopic (exact) mass is 253 g/mol. The molecule has 1 unspecified atom stereocenters. The maximum atomic E-state index is 10.4. The molecule has 0 amide bonds. The Bertz CT molecular complexity index is 406. The number of phenolic OH excluding ortho intramolecular Hbond substituents is 1. The van der Waals surface area contributed by atoms with Gasteiger partial charge in [-0.3, -0.25) is 4.79 Å². The standard InChI is InChI=1S/C13H19NO4/c1-2-18-12-8-9(3-5-11(12)15)7-10(14)4-6-13(16)17/h3,5,8,10,15H,2,4,6-7,14H2,1H3,(H,16,17). The van der Waals surface area contributed by atoms with Gasteiger partial charge in [0.25, 0.3) is 0 Å². The summed E-state index contributed by atoms with van der Waals surface area (Å²) in [6.07, 6.45) is 1.06. The molecule has 1 rings (SSSR count). The zero-order valence-electron chi connectivity index (χ0n) is 10.4. The summed E-state index contributed by atoms with van der Waals surface area (Å²) >= 11 is 0. The Morgan fingerprint density at radius 3 is 2.83 bits per heavy atom. The minimum Gasteiger partial charge on any atom is -0.504 e. The zero-order valence-corrected chi connectivity index (χ0v) is 10.4. The number of rotatable bonds is 7. The van der Waals surface area contributed by atoms with Crippen LogP contribution in [0.2, 0.25) is 0 Å². The van der Waals surface area contributed by atoms with E-state index < -0.39 is 5.97 Å². The molecular weight excluding hydrogens is 234 g/mol. The highest BCUT2D eigenvalue weighted by Crippen LogP contribution is 2.27. The summed E-state index contributed by atoms with van der Waals surface area (Å²) < 4.78 is 5.27. The molecule has 0 radical (unpaired) electrons. The molecule has 4 N–H and O–H groups in total. The highest BCUT2D eigenvalue weighted by atomic mass is 16.5. The third kappa shape index (κ3) is 4.63. The molecule has 0 fully saturated rings. The lowest BCUT2D eigenvalue weighted by molar-refractivity contribution is -0.137. The van der Waals surface area contributed by atoms with E-state index in [4.69, 9.17) is 15.6 Å². The summed E-state index contributed by atoms with van der Waals surface area (Å²) in [5, 5.41) is 18.1. The lowest BCUT2D eigenvalue weighted by Gasteiger charge is -2.12. The normalized spacial score (nSPS) is 12.1. The molecule has 5 nitrogen and oxygen atoms in total. The molecule has 1 aromatic carbocycles. The molecule has 100 valence electrons. The lowest BCUT2D eigenvalue weighted by atomic mass is 10.0. The molecule has 5 heteroatoms. The Morgan fingerprint density at radius 2 is 2.22 bits per heavy atom. The van der Waals surface area contributed by atoms with Crippen molar-refractivity contribution >= 4 is 5.97 Å². The fourth-order valence-electron chi connectivity index (χ4n) is 1.67. The number of carboxylic acids is 1. The predicted molar refractivity (Wildman–Crippen MR) is 67.8 cm³/mol. The number of aliphatic carboxylic acids is 1. The van der Waals surface area contributed by atoms with E-state index in [1.807, 2.05) is 6.92 Å². The van der Waals surface area contributed by atoms with Crippen LogP contribution in [0.5, 0.6) is 11.5 Å². The van der Waals surface area contributed by atoms with E-state index in [1.54, 1.807) is 18.2 Å². The molecule has 0 heterocycles. The second kappa shape index (κ2) is 6.86. The quantitative estimate of drug-likeness (QED) is 0.685. The second-order valence-electron chi connectivity index (χ2n) is 4.13. The molecule has 0 aliphatic carbocycles. The van der Waals surface area contributed by atoms with Gasteiger partial charge in [-0.1, -0.05) is 6.07 Å². The Balaban J connectivity index is 2.61. The first-order chi connectivity index (χ1) is 8.52. The van der Waals surface area contributed by atoms with Crippen LogP contribution in [-0.4, -0.2) is 28.8 Å². The molecule has 0 bridgehead atoms. The van der Waals surface area contributed by atoms with Crippen molar-refractivity contribution in [3.8, 4) is 11.5 Å². The smallest absolute Gasteiger partial charge is 0.303 e. The van der Waals surface area contributed by atoms with E-state index in [2.05, 4.69) is 0 Å². The van der Waals surface area contributed by atoms with Gasteiger partial charge in [0, 0.05) is 12.5 Å². The van der Waals surface area contributed by atoms with Crippen LogP contribution in [-0.2, 0) is 11.2 Å². The number of nitrogens with two attached hydrogens (primary N) is 1. The van der Waals surface area contributed by atoms with Crippen molar-refractivity contribution in [3.05, 3.63) is 23.8 Å². The number of benzene rings is 1. The average molecular weight is 253 g/mol. The molecule has 0 saturated carbocycles. The largest absolute Gasteiger partial charge is 0.504 e. The fraction of sp³-hybridized carbons (Fsp3) is 0.462. The van der Waals surface area contributed by atoms with Crippen LogP contribution in [0.3, 0.4) is 0 Å². The van der Waals surface area contributed by atoms with Crippen LogP contribution in [0.25, 0.3) is 0 Å². The average Bonchev–Trinajstić information content (AvgIpc) is 2.31. The summed E-state index contributed by atoms with van der Waals surface area (Å²) in [6.45, 7) is 2.31.